The van der Waals surface area contributed by atoms with Crippen molar-refractivity contribution in [1.82, 2.24) is 9.38 Å². The number of nitrogens with one attached hydrogen (secondary N) is 2. The average Bonchev–Trinajstić information content (AvgIpc) is 2.83. The van der Waals surface area contributed by atoms with E-state index >= 15 is 0 Å². The van der Waals surface area contributed by atoms with Crippen molar-refractivity contribution in [3.8, 4) is 17.2 Å². The molecular weight excluding hydrogens is 436 g/mol. The van der Waals surface area contributed by atoms with Gasteiger partial charge in [0.15, 0.2) is 0 Å². The summed E-state index contributed by atoms with van der Waals surface area (Å²) >= 11 is 0. The first kappa shape index (κ1) is 22.7. The summed E-state index contributed by atoms with van der Waals surface area (Å²) in [6.45, 7) is 2.02. The summed E-state index contributed by atoms with van der Waals surface area (Å²) in [5.74, 6) is 1.64. The number of pyridine rings is 1. The largest absolute Gasteiger partial charge is 0.497 e. The molecule has 2 aromatic heterocycles. The van der Waals surface area contributed by atoms with Crippen molar-refractivity contribution in [2.24, 2.45) is 0 Å². The number of fused-ring (bicyclic) bond motifs is 1. The van der Waals surface area contributed by atoms with Gasteiger partial charge in [0.2, 0.25) is 0 Å². The van der Waals surface area contributed by atoms with Crippen LogP contribution in [0.25, 0.3) is 5.65 Å². The summed E-state index contributed by atoms with van der Waals surface area (Å²) in [6, 6.07) is 16.7. The summed E-state index contributed by atoms with van der Waals surface area (Å²) in [5, 5.41) is 5.51. The fraction of sp³-hybridized carbons (Fsp3) is 0.160. The van der Waals surface area contributed by atoms with E-state index in [0.29, 0.717) is 40.0 Å². The van der Waals surface area contributed by atoms with Gasteiger partial charge in [-0.25, -0.2) is 9.78 Å². The van der Waals surface area contributed by atoms with Crippen molar-refractivity contribution in [3.63, 3.8) is 0 Å². The van der Waals surface area contributed by atoms with Gasteiger partial charge < -0.3 is 24.8 Å². The molecule has 4 aromatic rings. The third-order valence-corrected chi connectivity index (χ3v) is 4.95. The molecule has 0 aliphatic heterocycles. The molecular formula is C25H24N4O5. The van der Waals surface area contributed by atoms with Gasteiger partial charge in [-0.15, -0.1) is 0 Å². The van der Waals surface area contributed by atoms with Gasteiger partial charge in [0.1, 0.15) is 29.5 Å². The number of hydrogen-bond donors (Lipinski definition) is 2. The maximum atomic E-state index is 12.5. The molecule has 0 saturated carbocycles. The molecule has 0 spiro atoms. The van der Waals surface area contributed by atoms with Gasteiger partial charge in [-0.05, 0) is 30.7 Å². The minimum atomic E-state index is -0.438. The normalized spacial score (nSPS) is 10.6. The number of urea groups is 1. The van der Waals surface area contributed by atoms with E-state index in [1.54, 1.807) is 54.7 Å². The van der Waals surface area contributed by atoms with Crippen LogP contribution in [0.2, 0.25) is 0 Å². The van der Waals surface area contributed by atoms with Gasteiger partial charge in [0, 0.05) is 47.9 Å². The molecule has 0 bridgehead atoms. The van der Waals surface area contributed by atoms with E-state index in [1.807, 2.05) is 13.0 Å². The zero-order valence-electron chi connectivity index (χ0n) is 19.0. The minimum absolute atomic E-state index is 0.110. The Bertz CT molecular complexity index is 1380. The van der Waals surface area contributed by atoms with Crippen LogP contribution in [-0.4, -0.2) is 29.6 Å². The molecule has 9 heteroatoms. The molecule has 0 aliphatic carbocycles. The van der Waals surface area contributed by atoms with E-state index in [2.05, 4.69) is 15.6 Å². The Hall–Kier alpha value is -4.53. The summed E-state index contributed by atoms with van der Waals surface area (Å²) in [7, 11) is 3.07. The Labute approximate surface area is 195 Å². The van der Waals surface area contributed by atoms with Crippen LogP contribution in [-0.2, 0) is 6.61 Å². The Balaban J connectivity index is 1.41. The Morgan fingerprint density at radius 1 is 0.912 bits per heavy atom. The van der Waals surface area contributed by atoms with Crippen molar-refractivity contribution in [1.29, 1.82) is 0 Å². The van der Waals surface area contributed by atoms with E-state index in [-0.39, 0.29) is 12.2 Å². The first-order valence-electron chi connectivity index (χ1n) is 10.5. The van der Waals surface area contributed by atoms with E-state index in [9.17, 15) is 9.59 Å². The van der Waals surface area contributed by atoms with Crippen LogP contribution in [0.3, 0.4) is 0 Å². The maximum Gasteiger partial charge on any atom is 0.323 e. The van der Waals surface area contributed by atoms with Gasteiger partial charge in [-0.1, -0.05) is 12.1 Å². The molecule has 0 saturated heterocycles. The Morgan fingerprint density at radius 3 is 2.35 bits per heavy atom. The molecule has 0 unspecified atom stereocenters. The molecule has 0 atom stereocenters. The van der Waals surface area contributed by atoms with Gasteiger partial charge >= 0.3 is 6.03 Å². The highest BCUT2D eigenvalue weighted by Crippen LogP contribution is 2.26. The van der Waals surface area contributed by atoms with Crippen molar-refractivity contribution < 1.29 is 19.0 Å². The van der Waals surface area contributed by atoms with E-state index in [1.165, 1.54) is 24.7 Å². The van der Waals surface area contributed by atoms with E-state index < -0.39 is 6.03 Å². The number of anilines is 2. The summed E-state index contributed by atoms with van der Waals surface area (Å²) in [6.07, 6.45) is 1.75. The average molecular weight is 460 g/mol. The number of nitrogens with zero attached hydrogens (tertiary/aromatic N) is 2. The van der Waals surface area contributed by atoms with Crippen molar-refractivity contribution >= 4 is 23.1 Å². The SMILES string of the molecule is COc1cc(NC(=O)Nc2cccc(OCc3cc(=O)n4cc(C)ccc4n3)c2)cc(OC)c1. The van der Waals surface area contributed by atoms with Gasteiger partial charge in [-0.2, -0.15) is 0 Å². The second-order valence-corrected chi connectivity index (χ2v) is 7.52. The quantitative estimate of drug-likeness (QED) is 0.428. The molecule has 9 nitrogen and oxygen atoms in total. The summed E-state index contributed by atoms with van der Waals surface area (Å²) in [4.78, 5) is 29.3. The van der Waals surface area contributed by atoms with Crippen LogP contribution < -0.4 is 30.4 Å². The molecule has 2 heterocycles. The highest BCUT2D eigenvalue weighted by Gasteiger charge is 2.08. The smallest absolute Gasteiger partial charge is 0.323 e. The van der Waals surface area contributed by atoms with E-state index in [0.717, 1.165) is 5.56 Å². The number of aromatic nitrogens is 2. The highest BCUT2D eigenvalue weighted by molar-refractivity contribution is 6.00. The van der Waals surface area contributed by atoms with Crippen LogP contribution in [0.4, 0.5) is 16.2 Å². The number of hydrogen-bond acceptors (Lipinski definition) is 6. The van der Waals surface area contributed by atoms with Crippen molar-refractivity contribution in [2.75, 3.05) is 24.9 Å². The second kappa shape index (κ2) is 9.95. The topological polar surface area (TPSA) is 103 Å². The minimum Gasteiger partial charge on any atom is -0.497 e. The van der Waals surface area contributed by atoms with Crippen LogP contribution in [0, 0.1) is 6.92 Å². The first-order valence-corrected chi connectivity index (χ1v) is 10.5. The second-order valence-electron chi connectivity index (χ2n) is 7.52. The van der Waals surface area contributed by atoms with Crippen molar-refractivity contribution in [2.45, 2.75) is 13.5 Å². The van der Waals surface area contributed by atoms with Crippen LogP contribution in [0.5, 0.6) is 17.2 Å². The lowest BCUT2D eigenvalue weighted by atomic mass is 10.2. The molecule has 174 valence electrons. The third kappa shape index (κ3) is 5.44. The monoisotopic (exact) mass is 460 g/mol. The first-order chi connectivity index (χ1) is 16.4. The number of aryl methyl sites for hydroxylation is 1. The van der Waals surface area contributed by atoms with Crippen LogP contribution >= 0.6 is 0 Å². The fourth-order valence-electron chi connectivity index (χ4n) is 3.33. The zero-order valence-corrected chi connectivity index (χ0v) is 19.0. The molecule has 34 heavy (non-hydrogen) atoms. The Morgan fingerprint density at radius 2 is 1.62 bits per heavy atom. The third-order valence-electron chi connectivity index (χ3n) is 4.95. The molecule has 0 aliphatic rings. The number of ether oxygens (including phenoxy) is 3. The lowest BCUT2D eigenvalue weighted by molar-refractivity contribution is 0.262. The summed E-state index contributed by atoms with van der Waals surface area (Å²) < 4.78 is 17.7. The fourth-order valence-corrected chi connectivity index (χ4v) is 3.33. The number of benzene rings is 2. The Kier molecular flexibility index (Phi) is 6.63. The molecule has 2 amide bonds. The standard InChI is InChI=1S/C25H24N4O5/c1-16-7-8-23-26-19(12-24(30)29(23)14-16)15-34-20-6-4-5-17(9-20)27-25(31)28-18-10-21(32-2)13-22(11-18)33-3/h4-14H,15H2,1-3H3,(H2,27,28,31). The van der Waals surface area contributed by atoms with Gasteiger partial charge in [0.25, 0.3) is 5.56 Å². The van der Waals surface area contributed by atoms with Crippen molar-refractivity contribution in [3.05, 3.63) is 88.5 Å². The predicted octanol–water partition coefficient (Wildman–Crippen LogP) is 4.24. The molecule has 2 aromatic carbocycles. The number of carbonyl (C=O) groups excluding carboxylic acids is 1. The van der Waals surface area contributed by atoms with Gasteiger partial charge in [-0.3, -0.25) is 9.20 Å². The molecule has 2 N–H and O–H groups in total. The highest BCUT2D eigenvalue weighted by atomic mass is 16.5. The van der Waals surface area contributed by atoms with Gasteiger partial charge in [0.05, 0.1) is 19.9 Å². The number of carbonyl (C=O) groups is 1. The van der Waals surface area contributed by atoms with E-state index in [4.69, 9.17) is 14.2 Å². The summed E-state index contributed by atoms with van der Waals surface area (Å²) in [5.41, 5.74) is 2.92. The number of amides is 2. The molecule has 0 radical (unpaired) electrons. The number of rotatable bonds is 7. The predicted molar refractivity (Wildman–Crippen MR) is 129 cm³/mol. The molecule has 0 fully saturated rings. The lowest BCUT2D eigenvalue weighted by Gasteiger charge is -2.12. The number of methoxy groups -OCH3 is 2. The van der Waals surface area contributed by atoms with Crippen LogP contribution in [0.15, 0.2) is 71.7 Å². The zero-order chi connectivity index (χ0) is 24.1. The lowest BCUT2D eigenvalue weighted by Crippen LogP contribution is -2.19. The van der Waals surface area contributed by atoms with Crippen LogP contribution in [0.1, 0.15) is 11.3 Å². The maximum absolute atomic E-state index is 12.5. The molecule has 4 rings (SSSR count).